The second-order valence-corrected chi connectivity index (χ2v) is 5.75. The molecule has 1 atom stereocenters. The Hall–Kier alpha value is -2.41. The van der Waals surface area contributed by atoms with Crippen molar-refractivity contribution in [1.82, 2.24) is 0 Å². The molecular formula is C19H16F3N. The molecule has 118 valence electrons. The van der Waals surface area contributed by atoms with Crippen LogP contribution in [0.3, 0.4) is 0 Å². The Balaban J connectivity index is 2.04. The Kier molecular flexibility index (Phi) is 4.04. The average Bonchev–Trinajstić information content (AvgIpc) is 3.33. The van der Waals surface area contributed by atoms with Gasteiger partial charge in [-0.2, -0.15) is 13.2 Å². The quantitative estimate of drug-likeness (QED) is 0.613. The van der Waals surface area contributed by atoms with E-state index in [2.05, 4.69) is 11.8 Å². The summed E-state index contributed by atoms with van der Waals surface area (Å²) in [6.45, 7) is 0. The zero-order valence-electron chi connectivity index (χ0n) is 12.4. The molecule has 1 nitrogen and oxygen atoms in total. The van der Waals surface area contributed by atoms with E-state index in [1.165, 1.54) is 12.1 Å². The van der Waals surface area contributed by atoms with E-state index in [0.717, 1.165) is 18.4 Å². The summed E-state index contributed by atoms with van der Waals surface area (Å²) < 4.78 is 40.3. The summed E-state index contributed by atoms with van der Waals surface area (Å²) >= 11 is 0. The molecule has 2 N–H and O–H groups in total. The molecule has 0 heterocycles. The van der Waals surface area contributed by atoms with Crippen LogP contribution in [0.2, 0.25) is 0 Å². The first-order valence-corrected chi connectivity index (χ1v) is 7.48. The minimum atomic E-state index is -4.44. The topological polar surface area (TPSA) is 26.0 Å². The van der Waals surface area contributed by atoms with Crippen molar-refractivity contribution >= 4 is 5.69 Å². The maximum atomic E-state index is 13.4. The third kappa shape index (κ3) is 3.68. The van der Waals surface area contributed by atoms with Crippen molar-refractivity contribution in [3.63, 3.8) is 0 Å². The zero-order chi connectivity index (χ0) is 16.4. The van der Waals surface area contributed by atoms with Crippen molar-refractivity contribution in [3.05, 3.63) is 54.1 Å². The van der Waals surface area contributed by atoms with Crippen LogP contribution in [0.25, 0.3) is 11.1 Å². The summed E-state index contributed by atoms with van der Waals surface area (Å²) in [5, 5.41) is 0. The summed E-state index contributed by atoms with van der Waals surface area (Å²) in [5.74, 6) is 3.39. The number of nitrogen functional groups attached to an aromatic ring is 1. The van der Waals surface area contributed by atoms with E-state index in [9.17, 15) is 13.2 Å². The summed E-state index contributed by atoms with van der Waals surface area (Å²) in [5.41, 5.74) is 7.53. The number of anilines is 1. The molecule has 2 aromatic rings. The molecule has 3 rings (SSSR count). The molecule has 23 heavy (non-hydrogen) atoms. The number of hydrogen-bond donors (Lipinski definition) is 1. The molecule has 0 spiro atoms. The number of rotatable bonds is 2. The fourth-order valence-electron chi connectivity index (χ4n) is 2.40. The van der Waals surface area contributed by atoms with E-state index in [-0.39, 0.29) is 17.2 Å². The van der Waals surface area contributed by atoms with Gasteiger partial charge in [-0.25, -0.2) is 0 Å². The number of hydrogen-bond acceptors (Lipinski definition) is 1. The van der Waals surface area contributed by atoms with Gasteiger partial charge in [-0.15, -0.1) is 0 Å². The maximum Gasteiger partial charge on any atom is 0.406 e. The van der Waals surface area contributed by atoms with Crippen LogP contribution >= 0.6 is 0 Å². The highest BCUT2D eigenvalue weighted by atomic mass is 19.4. The van der Waals surface area contributed by atoms with E-state index in [1.54, 1.807) is 6.07 Å². The molecule has 0 amide bonds. The lowest BCUT2D eigenvalue weighted by atomic mass is 9.93. The van der Waals surface area contributed by atoms with Gasteiger partial charge in [0.2, 0.25) is 0 Å². The van der Waals surface area contributed by atoms with E-state index in [0.29, 0.717) is 5.56 Å². The summed E-state index contributed by atoms with van der Waals surface area (Å²) in [4.78, 5) is 0. The smallest absolute Gasteiger partial charge is 0.398 e. The van der Waals surface area contributed by atoms with Crippen LogP contribution in [0.5, 0.6) is 0 Å². The van der Waals surface area contributed by atoms with Gasteiger partial charge in [-0.05, 0) is 41.7 Å². The van der Waals surface area contributed by atoms with Gasteiger partial charge in [0.15, 0.2) is 0 Å². The lowest BCUT2D eigenvalue weighted by Crippen LogP contribution is -2.20. The Labute approximate surface area is 133 Å². The molecular weight excluding hydrogens is 299 g/mol. The molecule has 0 bridgehead atoms. The Morgan fingerprint density at radius 3 is 2.30 bits per heavy atom. The highest BCUT2D eigenvalue weighted by Gasteiger charge is 2.41. The number of alkyl halides is 3. The van der Waals surface area contributed by atoms with Gasteiger partial charge in [-0.3, -0.25) is 0 Å². The van der Waals surface area contributed by atoms with Crippen LogP contribution in [0.15, 0.2) is 48.5 Å². The Morgan fingerprint density at radius 1 is 1.00 bits per heavy atom. The highest BCUT2D eigenvalue weighted by Crippen LogP contribution is 2.39. The fourth-order valence-corrected chi connectivity index (χ4v) is 2.40. The third-order valence-corrected chi connectivity index (χ3v) is 3.84. The maximum absolute atomic E-state index is 13.4. The van der Waals surface area contributed by atoms with Crippen molar-refractivity contribution in [3.8, 4) is 23.0 Å². The predicted molar refractivity (Wildman–Crippen MR) is 85.6 cm³/mol. The van der Waals surface area contributed by atoms with Crippen molar-refractivity contribution in [1.29, 1.82) is 0 Å². The van der Waals surface area contributed by atoms with Crippen LogP contribution in [0.1, 0.15) is 24.3 Å². The number of benzene rings is 2. The molecule has 1 aliphatic carbocycles. The van der Waals surface area contributed by atoms with Crippen molar-refractivity contribution in [2.24, 2.45) is 5.92 Å². The van der Waals surface area contributed by atoms with Gasteiger partial charge in [0.05, 0.1) is 0 Å². The molecule has 1 saturated carbocycles. The predicted octanol–water partition coefficient (Wildman–Crippen LogP) is 5.00. The average molecular weight is 315 g/mol. The first-order chi connectivity index (χ1) is 10.9. The second kappa shape index (κ2) is 6.00. The molecule has 0 aliphatic heterocycles. The van der Waals surface area contributed by atoms with Crippen molar-refractivity contribution in [2.75, 3.05) is 5.73 Å². The van der Waals surface area contributed by atoms with Crippen LogP contribution < -0.4 is 5.73 Å². The SMILES string of the molecule is Nc1ccc(-c2ccccc2)cc1[C@@H](C#CC1CC1)C(F)(F)F. The van der Waals surface area contributed by atoms with E-state index in [4.69, 9.17) is 5.73 Å². The lowest BCUT2D eigenvalue weighted by Gasteiger charge is -2.18. The van der Waals surface area contributed by atoms with Gasteiger partial charge >= 0.3 is 6.18 Å². The molecule has 0 radical (unpaired) electrons. The molecule has 1 fully saturated rings. The molecule has 1 aliphatic rings. The molecule has 0 saturated heterocycles. The second-order valence-electron chi connectivity index (χ2n) is 5.75. The largest absolute Gasteiger partial charge is 0.406 e. The highest BCUT2D eigenvalue weighted by molar-refractivity contribution is 5.69. The first kappa shape index (κ1) is 15.5. The Bertz CT molecular complexity index is 750. The van der Waals surface area contributed by atoms with Gasteiger partial charge < -0.3 is 5.73 Å². The monoisotopic (exact) mass is 315 g/mol. The zero-order valence-corrected chi connectivity index (χ0v) is 12.4. The Morgan fingerprint density at radius 2 is 1.70 bits per heavy atom. The van der Waals surface area contributed by atoms with Crippen molar-refractivity contribution in [2.45, 2.75) is 24.9 Å². The van der Waals surface area contributed by atoms with Gasteiger partial charge in [0.25, 0.3) is 0 Å². The molecule has 0 unspecified atom stereocenters. The lowest BCUT2D eigenvalue weighted by molar-refractivity contribution is -0.137. The minimum absolute atomic E-state index is 0.0343. The minimum Gasteiger partial charge on any atom is -0.398 e. The van der Waals surface area contributed by atoms with E-state index >= 15 is 0 Å². The molecule has 0 aromatic heterocycles. The van der Waals surface area contributed by atoms with Crippen LogP contribution in [-0.2, 0) is 0 Å². The fraction of sp³-hybridized carbons (Fsp3) is 0.263. The summed E-state index contributed by atoms with van der Waals surface area (Å²) in [6, 6.07) is 14.0. The van der Waals surface area contributed by atoms with Crippen LogP contribution in [0.4, 0.5) is 18.9 Å². The number of halogens is 3. The standard InChI is InChI=1S/C19H16F3N/c20-19(21,22)17(10-8-13-6-7-13)16-12-15(9-11-18(16)23)14-4-2-1-3-5-14/h1-5,9,11-13,17H,6-7,23H2/t17-/m1/s1. The van der Waals surface area contributed by atoms with Crippen LogP contribution in [-0.4, -0.2) is 6.18 Å². The molecule has 2 aromatic carbocycles. The first-order valence-electron chi connectivity index (χ1n) is 7.48. The number of nitrogens with two attached hydrogens (primary N) is 1. The van der Waals surface area contributed by atoms with Gasteiger partial charge in [0.1, 0.15) is 5.92 Å². The van der Waals surface area contributed by atoms with Gasteiger partial charge in [-0.1, -0.05) is 48.2 Å². The summed E-state index contributed by atoms with van der Waals surface area (Å²) in [6.07, 6.45) is -2.67. The van der Waals surface area contributed by atoms with Crippen molar-refractivity contribution < 1.29 is 13.2 Å². The van der Waals surface area contributed by atoms with Gasteiger partial charge in [0, 0.05) is 11.6 Å². The molecule has 4 heteroatoms. The normalized spacial score (nSPS) is 15.6. The third-order valence-electron chi connectivity index (χ3n) is 3.84. The van der Waals surface area contributed by atoms with E-state index < -0.39 is 12.1 Å². The van der Waals surface area contributed by atoms with E-state index in [1.807, 2.05) is 30.3 Å². The van der Waals surface area contributed by atoms with Crippen LogP contribution in [0, 0.1) is 17.8 Å². The summed E-state index contributed by atoms with van der Waals surface area (Å²) in [7, 11) is 0.